The van der Waals surface area contributed by atoms with Crippen LogP contribution < -0.4 is 10.6 Å². The lowest BCUT2D eigenvalue weighted by Gasteiger charge is -2.34. The Kier molecular flexibility index (Phi) is 3.73. The second kappa shape index (κ2) is 5.28. The molecule has 1 unspecified atom stereocenters. The van der Waals surface area contributed by atoms with Crippen LogP contribution in [0.5, 0.6) is 0 Å². The van der Waals surface area contributed by atoms with E-state index in [-0.39, 0.29) is 6.10 Å². The van der Waals surface area contributed by atoms with Crippen LogP contribution in [0.4, 0.5) is 11.4 Å². The average Bonchev–Trinajstić information content (AvgIpc) is 2.39. The summed E-state index contributed by atoms with van der Waals surface area (Å²) >= 11 is 0. The van der Waals surface area contributed by atoms with Crippen molar-refractivity contribution in [2.75, 3.05) is 23.7 Å². The molecular weight excluding hydrogens is 226 g/mol. The van der Waals surface area contributed by atoms with E-state index in [0.717, 1.165) is 31.6 Å². The van der Waals surface area contributed by atoms with Crippen molar-refractivity contribution in [1.29, 1.82) is 5.26 Å². The van der Waals surface area contributed by atoms with E-state index in [1.165, 1.54) is 0 Å². The van der Waals surface area contributed by atoms with Gasteiger partial charge in [0.15, 0.2) is 0 Å². The summed E-state index contributed by atoms with van der Waals surface area (Å²) in [6.07, 6.45) is 1.75. The first-order valence-electron chi connectivity index (χ1n) is 6.34. The van der Waals surface area contributed by atoms with Gasteiger partial charge < -0.3 is 15.7 Å². The fourth-order valence-electron chi connectivity index (χ4n) is 2.48. The molecule has 4 heteroatoms. The molecule has 1 fully saturated rings. The van der Waals surface area contributed by atoms with Gasteiger partial charge in [0.25, 0.3) is 0 Å². The first-order chi connectivity index (χ1) is 8.61. The Bertz CT molecular complexity index is 457. The fourth-order valence-corrected chi connectivity index (χ4v) is 2.48. The molecule has 0 radical (unpaired) electrons. The summed E-state index contributed by atoms with van der Waals surface area (Å²) < 4.78 is 0. The molecule has 0 aliphatic carbocycles. The molecule has 96 valence electrons. The Morgan fingerprint density at radius 1 is 1.44 bits per heavy atom. The smallest absolute Gasteiger partial charge is 0.101 e. The van der Waals surface area contributed by atoms with E-state index < -0.39 is 0 Å². The van der Waals surface area contributed by atoms with Crippen LogP contribution in [-0.2, 0) is 0 Å². The van der Waals surface area contributed by atoms with Gasteiger partial charge in [-0.05, 0) is 43.9 Å². The minimum Gasteiger partial charge on any atom is -0.398 e. The van der Waals surface area contributed by atoms with Crippen LogP contribution in [0.3, 0.4) is 0 Å². The number of nitrogen functional groups attached to an aromatic ring is 1. The third-order valence-corrected chi connectivity index (χ3v) is 3.74. The first kappa shape index (κ1) is 12.7. The van der Waals surface area contributed by atoms with E-state index in [1.807, 2.05) is 19.1 Å². The van der Waals surface area contributed by atoms with Crippen molar-refractivity contribution < 1.29 is 5.11 Å². The number of nitrogens with two attached hydrogens (primary N) is 1. The Hall–Kier alpha value is -1.73. The van der Waals surface area contributed by atoms with Crippen LogP contribution >= 0.6 is 0 Å². The molecule has 0 bridgehead atoms. The summed E-state index contributed by atoms with van der Waals surface area (Å²) in [6, 6.07) is 7.70. The maximum atomic E-state index is 9.57. The van der Waals surface area contributed by atoms with Crippen molar-refractivity contribution in [1.82, 2.24) is 0 Å². The Morgan fingerprint density at radius 3 is 2.67 bits per heavy atom. The number of benzene rings is 1. The van der Waals surface area contributed by atoms with E-state index in [4.69, 9.17) is 11.0 Å². The van der Waals surface area contributed by atoms with Crippen LogP contribution in [0.1, 0.15) is 25.3 Å². The second-order valence-electron chi connectivity index (χ2n) is 4.95. The van der Waals surface area contributed by atoms with Crippen LogP contribution in [-0.4, -0.2) is 24.3 Å². The summed E-state index contributed by atoms with van der Waals surface area (Å²) in [7, 11) is 0. The highest BCUT2D eigenvalue weighted by Crippen LogP contribution is 2.27. The topological polar surface area (TPSA) is 73.3 Å². The largest absolute Gasteiger partial charge is 0.398 e. The highest BCUT2D eigenvalue weighted by atomic mass is 16.3. The van der Waals surface area contributed by atoms with Crippen LogP contribution in [0.15, 0.2) is 18.2 Å². The Balaban J connectivity index is 2.08. The molecule has 1 aliphatic heterocycles. The highest BCUT2D eigenvalue weighted by molar-refractivity contribution is 5.62. The summed E-state index contributed by atoms with van der Waals surface area (Å²) in [4.78, 5) is 2.25. The first-order valence-corrected chi connectivity index (χ1v) is 6.34. The second-order valence-corrected chi connectivity index (χ2v) is 4.95. The van der Waals surface area contributed by atoms with Crippen molar-refractivity contribution in [3.8, 4) is 6.07 Å². The number of piperidine rings is 1. The molecule has 1 saturated heterocycles. The molecule has 0 aromatic heterocycles. The quantitative estimate of drug-likeness (QED) is 0.778. The van der Waals surface area contributed by atoms with Gasteiger partial charge in [-0.1, -0.05) is 0 Å². The summed E-state index contributed by atoms with van der Waals surface area (Å²) in [5.74, 6) is 0.394. The lowest BCUT2D eigenvalue weighted by Crippen LogP contribution is -2.37. The van der Waals surface area contributed by atoms with Crippen molar-refractivity contribution in [3.05, 3.63) is 23.8 Å². The molecule has 1 heterocycles. The molecule has 3 N–H and O–H groups in total. The number of nitriles is 1. The van der Waals surface area contributed by atoms with Gasteiger partial charge in [0.05, 0.1) is 11.7 Å². The lowest BCUT2D eigenvalue weighted by molar-refractivity contribution is 0.110. The molecule has 0 amide bonds. The Labute approximate surface area is 108 Å². The highest BCUT2D eigenvalue weighted by Gasteiger charge is 2.22. The zero-order valence-corrected chi connectivity index (χ0v) is 10.6. The Morgan fingerprint density at radius 2 is 2.11 bits per heavy atom. The standard InChI is InChI=1S/C14H19N3O/c1-10(18)11-4-6-17(7-5-11)13-2-3-14(16)12(8-13)9-15/h2-3,8,10-11,18H,4-7,16H2,1H3. The predicted molar refractivity (Wildman–Crippen MR) is 72.2 cm³/mol. The maximum absolute atomic E-state index is 9.57. The van der Waals surface area contributed by atoms with Crippen molar-refractivity contribution >= 4 is 11.4 Å². The number of rotatable bonds is 2. The monoisotopic (exact) mass is 245 g/mol. The minimum atomic E-state index is -0.228. The summed E-state index contributed by atoms with van der Waals surface area (Å²) in [5, 5.41) is 18.5. The van der Waals surface area contributed by atoms with Gasteiger partial charge >= 0.3 is 0 Å². The number of aliphatic hydroxyl groups excluding tert-OH is 1. The molecule has 2 rings (SSSR count). The third-order valence-electron chi connectivity index (χ3n) is 3.74. The number of hydrogen-bond donors (Lipinski definition) is 2. The molecule has 4 nitrogen and oxygen atoms in total. The number of hydrogen-bond acceptors (Lipinski definition) is 4. The van der Waals surface area contributed by atoms with E-state index in [9.17, 15) is 5.11 Å². The number of anilines is 2. The molecule has 0 spiro atoms. The summed E-state index contributed by atoms with van der Waals surface area (Å²) in [6.45, 7) is 3.70. The van der Waals surface area contributed by atoms with Gasteiger partial charge in [0.1, 0.15) is 6.07 Å². The predicted octanol–water partition coefficient (Wildman–Crippen LogP) is 1.74. The maximum Gasteiger partial charge on any atom is 0.101 e. The zero-order chi connectivity index (χ0) is 13.1. The van der Waals surface area contributed by atoms with E-state index in [2.05, 4.69) is 11.0 Å². The number of nitrogens with zero attached hydrogens (tertiary/aromatic N) is 2. The fraction of sp³-hybridized carbons (Fsp3) is 0.500. The van der Waals surface area contributed by atoms with Gasteiger partial charge in [0, 0.05) is 24.5 Å². The van der Waals surface area contributed by atoms with E-state index in [0.29, 0.717) is 17.2 Å². The van der Waals surface area contributed by atoms with Crippen LogP contribution in [0.25, 0.3) is 0 Å². The van der Waals surface area contributed by atoms with Crippen molar-refractivity contribution in [2.24, 2.45) is 5.92 Å². The lowest BCUT2D eigenvalue weighted by atomic mass is 9.92. The SMILES string of the molecule is CC(O)C1CCN(c2ccc(N)c(C#N)c2)CC1. The van der Waals surface area contributed by atoms with Gasteiger partial charge in [-0.15, -0.1) is 0 Å². The normalized spacial score (nSPS) is 18.4. The minimum absolute atomic E-state index is 0.228. The van der Waals surface area contributed by atoms with E-state index >= 15 is 0 Å². The van der Waals surface area contributed by atoms with Gasteiger partial charge in [-0.3, -0.25) is 0 Å². The molecule has 0 saturated carbocycles. The van der Waals surface area contributed by atoms with E-state index in [1.54, 1.807) is 6.07 Å². The molecule has 1 aromatic carbocycles. The third kappa shape index (κ3) is 2.57. The molecular formula is C14H19N3O. The van der Waals surface area contributed by atoms with Crippen molar-refractivity contribution in [3.63, 3.8) is 0 Å². The zero-order valence-electron chi connectivity index (χ0n) is 10.6. The van der Waals surface area contributed by atoms with Gasteiger partial charge in [-0.25, -0.2) is 0 Å². The van der Waals surface area contributed by atoms with Crippen LogP contribution in [0.2, 0.25) is 0 Å². The van der Waals surface area contributed by atoms with Crippen LogP contribution in [0, 0.1) is 17.2 Å². The molecule has 1 aliphatic rings. The summed E-state index contributed by atoms with van der Waals surface area (Å²) in [5.41, 5.74) is 7.82. The molecule has 1 aromatic rings. The number of aliphatic hydroxyl groups is 1. The van der Waals surface area contributed by atoms with Gasteiger partial charge in [0.2, 0.25) is 0 Å². The average molecular weight is 245 g/mol. The van der Waals surface area contributed by atoms with Gasteiger partial charge in [-0.2, -0.15) is 5.26 Å². The van der Waals surface area contributed by atoms with Crippen molar-refractivity contribution in [2.45, 2.75) is 25.9 Å². The molecule has 1 atom stereocenters. The molecule has 18 heavy (non-hydrogen) atoms.